The normalized spacial score (nSPS) is 21.0. The molecule has 3 aromatic rings. The van der Waals surface area contributed by atoms with E-state index in [0.717, 1.165) is 47.4 Å². The lowest BCUT2D eigenvalue weighted by atomic mass is 9.92. The van der Waals surface area contributed by atoms with Crippen molar-refractivity contribution in [3.8, 4) is 10.6 Å². The van der Waals surface area contributed by atoms with Gasteiger partial charge >= 0.3 is 0 Å². The van der Waals surface area contributed by atoms with Gasteiger partial charge in [-0.1, -0.05) is 6.07 Å². The van der Waals surface area contributed by atoms with E-state index >= 15 is 0 Å². The van der Waals surface area contributed by atoms with E-state index in [1.54, 1.807) is 17.5 Å². The first-order valence-electron chi connectivity index (χ1n) is 8.71. The van der Waals surface area contributed by atoms with Crippen molar-refractivity contribution in [3.05, 3.63) is 35.5 Å². The van der Waals surface area contributed by atoms with Crippen molar-refractivity contribution in [2.45, 2.75) is 24.9 Å². The van der Waals surface area contributed by atoms with Crippen molar-refractivity contribution in [2.24, 2.45) is 0 Å². The van der Waals surface area contributed by atoms with E-state index in [1.807, 2.05) is 28.5 Å². The van der Waals surface area contributed by atoms with Crippen LogP contribution >= 0.6 is 11.3 Å². The van der Waals surface area contributed by atoms with E-state index in [-0.39, 0.29) is 12.4 Å². The number of piperidine rings is 2. The molecule has 0 spiro atoms. The molecule has 5 heterocycles. The second-order valence-corrected chi connectivity index (χ2v) is 7.46. The van der Waals surface area contributed by atoms with Gasteiger partial charge in [0.1, 0.15) is 5.01 Å². The number of benzene rings is 1. The third-order valence-corrected chi connectivity index (χ3v) is 5.88. The Labute approximate surface area is 159 Å². The Kier molecular flexibility index (Phi) is 4.87. The highest BCUT2D eigenvalue weighted by atomic mass is 32.1. The third kappa shape index (κ3) is 3.31. The van der Waals surface area contributed by atoms with Crippen molar-refractivity contribution in [1.29, 1.82) is 0 Å². The molecule has 2 bridgehead atoms. The smallest absolute Gasteiger partial charge is 0.290 e. The van der Waals surface area contributed by atoms with Gasteiger partial charge in [-0.3, -0.25) is 14.7 Å². The molecule has 140 valence electrons. The van der Waals surface area contributed by atoms with Crippen LogP contribution in [0.2, 0.25) is 0 Å². The summed E-state index contributed by atoms with van der Waals surface area (Å²) >= 11 is 1.60. The molecule has 6 rings (SSSR count). The largest absolute Gasteiger partial charge is 0.483 e. The van der Waals surface area contributed by atoms with E-state index in [2.05, 4.69) is 20.5 Å². The highest BCUT2D eigenvalue weighted by Crippen LogP contribution is 2.29. The van der Waals surface area contributed by atoms with Gasteiger partial charge < -0.3 is 15.3 Å². The summed E-state index contributed by atoms with van der Waals surface area (Å²) < 4.78 is 0. The topological polar surface area (TPSA) is 111 Å². The lowest BCUT2D eigenvalue weighted by Crippen LogP contribution is -2.62. The summed E-state index contributed by atoms with van der Waals surface area (Å²) in [4.78, 5) is 27.7. The standard InChI is InChI=1S/C17H17N5OS.CH2O2/c23-17(22-9-11-2-3-12(22)8-19-11)15-13-4-1-10(7-14(13)20-21-15)16-18-5-6-24-16;2-1-3/h1,4-7,11-12,19H,2-3,8-9H2,(H,20,21);1H,(H,2,3). The minimum absolute atomic E-state index is 0.0412. The maximum atomic E-state index is 13.0. The number of hydrogen-bond acceptors (Lipinski definition) is 6. The van der Waals surface area contributed by atoms with E-state index < -0.39 is 0 Å². The Morgan fingerprint density at radius 1 is 1.37 bits per heavy atom. The van der Waals surface area contributed by atoms with Gasteiger partial charge in [-0.25, -0.2) is 4.98 Å². The van der Waals surface area contributed by atoms with Crippen LogP contribution in [0.1, 0.15) is 23.3 Å². The minimum Gasteiger partial charge on any atom is -0.483 e. The molecular formula is C18H19N5O3S. The predicted molar refractivity (Wildman–Crippen MR) is 102 cm³/mol. The summed E-state index contributed by atoms with van der Waals surface area (Å²) in [7, 11) is 0. The summed E-state index contributed by atoms with van der Waals surface area (Å²) in [6, 6.07) is 6.73. The first kappa shape index (κ1) is 17.6. The fourth-order valence-electron chi connectivity index (χ4n) is 3.78. The Balaban J connectivity index is 0.000000565. The number of thiazole rings is 1. The molecule has 0 aliphatic carbocycles. The van der Waals surface area contributed by atoms with E-state index in [9.17, 15) is 4.79 Å². The second-order valence-electron chi connectivity index (χ2n) is 6.57. The number of carboxylic acid groups (broad SMARTS) is 1. The molecule has 0 radical (unpaired) electrons. The van der Waals surface area contributed by atoms with Crippen LogP contribution in [0.25, 0.3) is 21.5 Å². The Morgan fingerprint density at radius 2 is 2.22 bits per heavy atom. The number of nitrogens with one attached hydrogen (secondary N) is 2. The Bertz CT molecular complexity index is 947. The molecule has 2 unspecified atom stereocenters. The monoisotopic (exact) mass is 385 g/mol. The molecule has 3 fully saturated rings. The molecule has 8 nitrogen and oxygen atoms in total. The highest BCUT2D eigenvalue weighted by molar-refractivity contribution is 7.13. The fraction of sp³-hybridized carbons (Fsp3) is 0.333. The SMILES string of the molecule is O=C(c1n[nH]c2cc(-c3nccs3)ccc12)N1CC2CCC1CN2.O=CO. The van der Waals surface area contributed by atoms with Crippen molar-refractivity contribution in [2.75, 3.05) is 13.1 Å². The van der Waals surface area contributed by atoms with Crippen molar-refractivity contribution in [3.63, 3.8) is 0 Å². The van der Waals surface area contributed by atoms with Crippen LogP contribution in [0.15, 0.2) is 29.8 Å². The second kappa shape index (κ2) is 7.45. The number of aromatic amines is 1. The van der Waals surface area contributed by atoms with Crippen LogP contribution in [-0.4, -0.2) is 62.7 Å². The summed E-state index contributed by atoms with van der Waals surface area (Å²) in [5.74, 6) is 0.0412. The van der Waals surface area contributed by atoms with E-state index in [0.29, 0.717) is 17.8 Å². The molecule has 1 amide bonds. The molecular weight excluding hydrogens is 366 g/mol. The number of rotatable bonds is 2. The van der Waals surface area contributed by atoms with Gasteiger partial charge in [0.15, 0.2) is 5.69 Å². The van der Waals surface area contributed by atoms with E-state index in [4.69, 9.17) is 9.90 Å². The molecule has 2 atom stereocenters. The van der Waals surface area contributed by atoms with Gasteiger partial charge in [0.05, 0.1) is 5.52 Å². The first-order valence-corrected chi connectivity index (χ1v) is 9.59. The zero-order chi connectivity index (χ0) is 18.8. The van der Waals surface area contributed by atoms with Crippen molar-refractivity contribution >= 4 is 34.6 Å². The van der Waals surface area contributed by atoms with Crippen molar-refractivity contribution in [1.82, 2.24) is 25.4 Å². The van der Waals surface area contributed by atoms with Gasteiger partial charge in [-0.2, -0.15) is 5.10 Å². The average Bonchev–Trinajstić information content (AvgIpc) is 3.38. The molecule has 9 heteroatoms. The maximum Gasteiger partial charge on any atom is 0.290 e. The van der Waals surface area contributed by atoms with Gasteiger partial charge in [0.2, 0.25) is 0 Å². The molecule has 3 N–H and O–H groups in total. The Morgan fingerprint density at radius 3 is 2.85 bits per heavy atom. The fourth-order valence-corrected chi connectivity index (χ4v) is 4.41. The van der Waals surface area contributed by atoms with Gasteiger partial charge in [0.25, 0.3) is 12.4 Å². The number of hydrogen-bond donors (Lipinski definition) is 3. The summed E-state index contributed by atoms with van der Waals surface area (Å²) in [6.45, 7) is 1.43. The summed E-state index contributed by atoms with van der Waals surface area (Å²) in [5.41, 5.74) is 2.45. The summed E-state index contributed by atoms with van der Waals surface area (Å²) in [6.07, 6.45) is 4.04. The zero-order valence-corrected chi connectivity index (χ0v) is 15.3. The number of nitrogens with zero attached hydrogens (tertiary/aromatic N) is 3. The molecule has 3 aliphatic heterocycles. The van der Waals surface area contributed by atoms with Crippen LogP contribution in [0.5, 0.6) is 0 Å². The summed E-state index contributed by atoms with van der Waals surface area (Å²) in [5, 5.41) is 21.5. The number of H-pyrrole nitrogens is 1. The number of carbonyl (C=O) groups is 2. The third-order valence-electron chi connectivity index (χ3n) is 5.05. The molecule has 0 saturated carbocycles. The number of amides is 1. The molecule has 3 aliphatic rings. The molecule has 27 heavy (non-hydrogen) atoms. The maximum absolute atomic E-state index is 13.0. The number of carbonyl (C=O) groups excluding carboxylic acids is 1. The van der Waals surface area contributed by atoms with Crippen molar-refractivity contribution < 1.29 is 14.7 Å². The first-order chi connectivity index (χ1) is 13.2. The minimum atomic E-state index is -0.250. The lowest BCUT2D eigenvalue weighted by molar-refractivity contribution is -0.122. The van der Waals surface area contributed by atoms with Gasteiger partial charge in [-0.15, -0.1) is 11.3 Å². The molecule has 2 aromatic heterocycles. The number of fused-ring (bicyclic) bond motifs is 4. The highest BCUT2D eigenvalue weighted by Gasteiger charge is 2.37. The van der Waals surface area contributed by atoms with Crippen LogP contribution in [-0.2, 0) is 4.79 Å². The average molecular weight is 385 g/mol. The molecule has 3 saturated heterocycles. The lowest BCUT2D eigenvalue weighted by Gasteiger charge is -2.45. The van der Waals surface area contributed by atoms with Crippen LogP contribution < -0.4 is 5.32 Å². The van der Waals surface area contributed by atoms with Crippen LogP contribution in [0.3, 0.4) is 0 Å². The number of piperazine rings is 1. The van der Waals surface area contributed by atoms with Crippen LogP contribution in [0.4, 0.5) is 0 Å². The Hall–Kier alpha value is -2.78. The van der Waals surface area contributed by atoms with Gasteiger partial charge in [0, 0.05) is 47.7 Å². The molecule has 1 aromatic carbocycles. The van der Waals surface area contributed by atoms with Crippen LogP contribution in [0, 0.1) is 0 Å². The zero-order valence-electron chi connectivity index (χ0n) is 14.5. The van der Waals surface area contributed by atoms with E-state index in [1.165, 1.54) is 0 Å². The quantitative estimate of drug-likeness (QED) is 0.582. The number of aromatic nitrogens is 3. The predicted octanol–water partition coefficient (Wildman–Crippen LogP) is 1.96. The van der Waals surface area contributed by atoms with Gasteiger partial charge in [-0.05, 0) is 25.0 Å².